The van der Waals surface area contributed by atoms with Crippen molar-refractivity contribution in [3.05, 3.63) is 82.2 Å². The van der Waals surface area contributed by atoms with Crippen LogP contribution in [0.2, 0.25) is 0 Å². The van der Waals surface area contributed by atoms with E-state index in [0.29, 0.717) is 26.4 Å². The molecule has 0 N–H and O–H groups in total. The van der Waals surface area contributed by atoms with Crippen LogP contribution in [0.15, 0.2) is 65.8 Å². The minimum atomic E-state index is -0.744. The molecular formula is C31H43N3O6. The van der Waals surface area contributed by atoms with Crippen molar-refractivity contribution >= 4 is 0 Å². The number of benzene rings is 2. The number of nitrogens with zero attached hydrogens (tertiary/aromatic N) is 3. The zero-order chi connectivity index (χ0) is 28.5. The second kappa shape index (κ2) is 14.9. The van der Waals surface area contributed by atoms with Gasteiger partial charge in [0.25, 0.3) is 0 Å². The maximum atomic E-state index is 9.38. The lowest BCUT2D eigenvalue weighted by Gasteiger charge is -2.48. The van der Waals surface area contributed by atoms with Gasteiger partial charge in [-0.3, -0.25) is 0 Å². The molecule has 2 heterocycles. The van der Waals surface area contributed by atoms with Gasteiger partial charge in [0.2, 0.25) is 0 Å². The van der Waals surface area contributed by atoms with Crippen LogP contribution in [-0.2, 0) is 41.6 Å². The summed E-state index contributed by atoms with van der Waals surface area (Å²) in [5.74, 6) is 0.273. The maximum absolute atomic E-state index is 9.38. The molecule has 0 aliphatic carbocycles. The molecule has 2 aliphatic rings. The van der Waals surface area contributed by atoms with E-state index in [0.717, 1.165) is 11.1 Å². The molecule has 0 saturated carbocycles. The van der Waals surface area contributed by atoms with Gasteiger partial charge in [-0.05, 0) is 34.4 Å². The first-order chi connectivity index (χ1) is 19.4. The maximum Gasteiger partial charge on any atom is 0.167 e. The van der Waals surface area contributed by atoms with Crippen LogP contribution in [0.5, 0.6) is 0 Å². The van der Waals surface area contributed by atoms with Crippen molar-refractivity contribution in [3.8, 4) is 0 Å². The summed E-state index contributed by atoms with van der Waals surface area (Å²) >= 11 is 0. The highest BCUT2D eigenvalue weighted by Crippen LogP contribution is 2.39. The summed E-state index contributed by atoms with van der Waals surface area (Å²) < 4.78 is 37.3. The lowest BCUT2D eigenvalue weighted by atomic mass is 9.82. The first kappa shape index (κ1) is 30.5. The van der Waals surface area contributed by atoms with Crippen molar-refractivity contribution in [2.24, 2.45) is 28.8 Å². The molecule has 2 aromatic rings. The van der Waals surface area contributed by atoms with Crippen LogP contribution in [-0.4, -0.2) is 57.3 Å². The molecule has 218 valence electrons. The molecule has 10 atom stereocenters. The lowest BCUT2D eigenvalue weighted by molar-refractivity contribution is -0.319. The van der Waals surface area contributed by atoms with Gasteiger partial charge in [-0.2, -0.15) is 0 Å². The first-order valence-electron chi connectivity index (χ1n) is 14.2. The molecule has 2 aromatic carbocycles. The molecular weight excluding hydrogens is 510 g/mol. The summed E-state index contributed by atoms with van der Waals surface area (Å²) in [5, 5.41) is 4.12. The third-order valence-corrected chi connectivity index (χ3v) is 8.49. The van der Waals surface area contributed by atoms with Gasteiger partial charge in [0.05, 0.1) is 44.7 Å². The van der Waals surface area contributed by atoms with E-state index in [1.54, 1.807) is 7.11 Å². The molecule has 40 heavy (non-hydrogen) atoms. The number of hydrogen-bond acceptors (Lipinski definition) is 7. The van der Waals surface area contributed by atoms with E-state index in [1.165, 1.54) is 0 Å². The Morgan fingerprint density at radius 1 is 0.725 bits per heavy atom. The minimum absolute atomic E-state index is 0.0247. The van der Waals surface area contributed by atoms with Gasteiger partial charge in [0.1, 0.15) is 6.10 Å². The number of methoxy groups -OCH3 is 1. The molecule has 2 fully saturated rings. The highest BCUT2D eigenvalue weighted by atomic mass is 16.7. The lowest BCUT2D eigenvalue weighted by Crippen LogP contribution is -2.57. The van der Waals surface area contributed by atoms with Crippen LogP contribution in [0.4, 0.5) is 0 Å². The third kappa shape index (κ3) is 7.62. The monoisotopic (exact) mass is 553 g/mol. The predicted molar refractivity (Wildman–Crippen MR) is 151 cm³/mol. The SMILES string of the molecule is CO[C@H]1OC(COCc2ccccc2)[C@@H](OC2OC(COCc3ccccc3)[C@@H](C)[C@H](C)C2N=[N+]=[N-])[C@H](C)C1C. The largest absolute Gasteiger partial charge is 0.374 e. The number of azide groups is 1. The van der Waals surface area contributed by atoms with E-state index in [-0.39, 0.29) is 42.2 Å². The second-order valence-corrected chi connectivity index (χ2v) is 11.1. The van der Waals surface area contributed by atoms with E-state index in [1.807, 2.05) is 60.7 Å². The normalized spacial score (nSPS) is 34.2. The van der Waals surface area contributed by atoms with Crippen molar-refractivity contribution in [1.29, 1.82) is 0 Å². The highest BCUT2D eigenvalue weighted by molar-refractivity contribution is 5.14. The van der Waals surface area contributed by atoms with Gasteiger partial charge in [0, 0.05) is 17.9 Å². The van der Waals surface area contributed by atoms with Crippen LogP contribution >= 0.6 is 0 Å². The standard InChI is InChI=1S/C31H43N3O6/c1-20-21(2)28(33-34-32)31(38-26(20)18-36-16-24-12-8-6-9-13-24)40-29-22(3)23(4)30(35-5)39-27(29)19-37-17-25-14-10-7-11-15-25/h6-15,20-23,26-31H,16-19H2,1-5H3/t20-,21-,22+,23?,26?,27?,28?,29-,30-,31?/m0/s1. The summed E-state index contributed by atoms with van der Waals surface area (Å²) in [6, 6.07) is 19.6. The molecule has 5 unspecified atom stereocenters. The average Bonchev–Trinajstić information content (AvgIpc) is 2.98. The third-order valence-electron chi connectivity index (χ3n) is 8.49. The fourth-order valence-electron chi connectivity index (χ4n) is 5.56. The Balaban J connectivity index is 1.47. The Morgan fingerprint density at radius 2 is 1.27 bits per heavy atom. The predicted octanol–water partition coefficient (Wildman–Crippen LogP) is 6.12. The van der Waals surface area contributed by atoms with E-state index in [9.17, 15) is 5.53 Å². The molecule has 0 bridgehead atoms. The molecule has 2 aliphatic heterocycles. The number of ether oxygens (including phenoxy) is 6. The summed E-state index contributed by atoms with van der Waals surface area (Å²) in [7, 11) is 1.65. The minimum Gasteiger partial charge on any atom is -0.374 e. The van der Waals surface area contributed by atoms with Crippen molar-refractivity contribution < 1.29 is 28.4 Å². The molecule has 0 spiro atoms. The summed E-state index contributed by atoms with van der Waals surface area (Å²) in [5.41, 5.74) is 11.6. The molecule has 0 radical (unpaired) electrons. The van der Waals surface area contributed by atoms with Crippen LogP contribution in [0, 0.1) is 23.7 Å². The fraction of sp³-hybridized carbons (Fsp3) is 0.613. The zero-order valence-corrected chi connectivity index (χ0v) is 24.2. The van der Waals surface area contributed by atoms with Crippen molar-refractivity contribution in [1.82, 2.24) is 0 Å². The molecule has 2 saturated heterocycles. The second-order valence-electron chi connectivity index (χ2n) is 11.1. The van der Waals surface area contributed by atoms with Crippen LogP contribution in [0.3, 0.4) is 0 Å². The Hall–Kier alpha value is -2.49. The van der Waals surface area contributed by atoms with Crippen LogP contribution in [0.1, 0.15) is 38.8 Å². The van der Waals surface area contributed by atoms with Crippen molar-refractivity contribution in [3.63, 3.8) is 0 Å². The summed E-state index contributed by atoms with van der Waals surface area (Å²) in [6.07, 6.45) is -2.09. The molecule has 0 amide bonds. The molecule has 4 rings (SSSR count). The van der Waals surface area contributed by atoms with E-state index < -0.39 is 18.4 Å². The number of hydrogen-bond donors (Lipinski definition) is 0. The molecule has 9 heteroatoms. The summed E-state index contributed by atoms with van der Waals surface area (Å²) in [6.45, 7) is 10.1. The Bertz CT molecular complexity index is 1070. The van der Waals surface area contributed by atoms with Crippen LogP contribution < -0.4 is 0 Å². The average molecular weight is 554 g/mol. The van der Waals surface area contributed by atoms with Gasteiger partial charge in [-0.25, -0.2) is 0 Å². The Labute approximate surface area is 237 Å². The van der Waals surface area contributed by atoms with E-state index in [4.69, 9.17) is 28.4 Å². The number of rotatable bonds is 12. The van der Waals surface area contributed by atoms with E-state index in [2.05, 4.69) is 37.7 Å². The van der Waals surface area contributed by atoms with Crippen molar-refractivity contribution in [2.45, 2.75) is 77.8 Å². The fourth-order valence-corrected chi connectivity index (χ4v) is 5.56. The first-order valence-corrected chi connectivity index (χ1v) is 14.2. The highest BCUT2D eigenvalue weighted by Gasteiger charge is 2.48. The quantitative estimate of drug-likeness (QED) is 0.178. The topological polar surface area (TPSA) is 104 Å². The zero-order valence-electron chi connectivity index (χ0n) is 24.2. The Kier molecular flexibility index (Phi) is 11.4. The van der Waals surface area contributed by atoms with Gasteiger partial charge in [0.15, 0.2) is 12.6 Å². The smallest absolute Gasteiger partial charge is 0.167 e. The van der Waals surface area contributed by atoms with Crippen molar-refractivity contribution in [2.75, 3.05) is 20.3 Å². The van der Waals surface area contributed by atoms with Crippen LogP contribution in [0.25, 0.3) is 10.4 Å². The summed E-state index contributed by atoms with van der Waals surface area (Å²) in [4.78, 5) is 3.13. The van der Waals surface area contributed by atoms with Gasteiger partial charge < -0.3 is 28.4 Å². The molecule has 0 aromatic heterocycles. The van der Waals surface area contributed by atoms with Gasteiger partial charge in [-0.15, -0.1) is 0 Å². The Morgan fingerprint density at radius 3 is 1.82 bits per heavy atom. The molecule has 9 nitrogen and oxygen atoms in total. The van der Waals surface area contributed by atoms with Gasteiger partial charge in [-0.1, -0.05) is 93.5 Å². The van der Waals surface area contributed by atoms with Gasteiger partial charge >= 0.3 is 0 Å². The van der Waals surface area contributed by atoms with E-state index >= 15 is 0 Å².